The van der Waals surface area contributed by atoms with E-state index in [1.807, 2.05) is 48.5 Å². The van der Waals surface area contributed by atoms with Crippen LogP contribution in [0.5, 0.6) is 0 Å². The Morgan fingerprint density at radius 3 is 1.79 bits per heavy atom. The number of anilines is 2. The molecule has 0 atom stereocenters. The van der Waals surface area contributed by atoms with Crippen LogP contribution in [0.1, 0.15) is 17.0 Å². The van der Waals surface area contributed by atoms with Crippen LogP contribution in [0.15, 0.2) is 48.5 Å². The first kappa shape index (κ1) is 11.3. The highest BCUT2D eigenvalue weighted by molar-refractivity contribution is 5.74. The van der Waals surface area contributed by atoms with E-state index in [-0.39, 0.29) is 5.92 Å². The first-order valence-electron chi connectivity index (χ1n) is 6.09. The van der Waals surface area contributed by atoms with Crippen LogP contribution in [0.4, 0.5) is 11.4 Å². The van der Waals surface area contributed by atoms with E-state index in [1.165, 1.54) is 0 Å². The number of nitriles is 2. The van der Waals surface area contributed by atoms with Crippen molar-refractivity contribution in [3.05, 3.63) is 59.7 Å². The maximum absolute atomic E-state index is 9.24. The molecule has 0 fully saturated rings. The maximum atomic E-state index is 9.24. The molecule has 1 heterocycles. The quantitative estimate of drug-likeness (QED) is 0.835. The molecule has 90 valence electrons. The Bertz CT molecular complexity index is 647. The number of rotatable bonds is 1. The zero-order valence-corrected chi connectivity index (χ0v) is 10.2. The molecule has 0 saturated heterocycles. The van der Waals surface area contributed by atoms with Gasteiger partial charge in [0.15, 0.2) is 0 Å². The molecule has 3 nitrogen and oxygen atoms in total. The second kappa shape index (κ2) is 4.48. The first-order valence-corrected chi connectivity index (χ1v) is 6.09. The molecule has 2 aromatic rings. The van der Waals surface area contributed by atoms with E-state index in [0.29, 0.717) is 0 Å². The number of nitrogens with one attached hydrogen (secondary N) is 1. The van der Waals surface area contributed by atoms with Gasteiger partial charge in [-0.2, -0.15) is 10.5 Å². The highest BCUT2D eigenvalue weighted by Gasteiger charge is 2.31. The summed E-state index contributed by atoms with van der Waals surface area (Å²) >= 11 is 0. The third-order valence-electron chi connectivity index (χ3n) is 3.47. The summed E-state index contributed by atoms with van der Waals surface area (Å²) in [5.74, 6) is -0.868. The number of hydrogen-bond acceptors (Lipinski definition) is 3. The van der Waals surface area contributed by atoms with E-state index >= 15 is 0 Å². The Balaban J connectivity index is 2.23. The van der Waals surface area contributed by atoms with E-state index in [0.717, 1.165) is 22.5 Å². The summed E-state index contributed by atoms with van der Waals surface area (Å²) in [4.78, 5) is 0. The summed E-state index contributed by atoms with van der Waals surface area (Å²) in [6, 6.07) is 19.9. The number of fused-ring (bicyclic) bond motifs is 2. The van der Waals surface area contributed by atoms with Crippen molar-refractivity contribution in [1.29, 1.82) is 10.5 Å². The van der Waals surface area contributed by atoms with Crippen molar-refractivity contribution in [2.24, 2.45) is 5.92 Å². The predicted octanol–water partition coefficient (Wildman–Crippen LogP) is 3.54. The van der Waals surface area contributed by atoms with Gasteiger partial charge in [-0.05, 0) is 23.3 Å². The van der Waals surface area contributed by atoms with Crippen LogP contribution in [0, 0.1) is 28.6 Å². The van der Waals surface area contributed by atoms with Crippen LogP contribution in [-0.2, 0) is 0 Å². The fourth-order valence-corrected chi connectivity index (χ4v) is 2.61. The molecular weight excluding hydrogens is 234 g/mol. The summed E-state index contributed by atoms with van der Waals surface area (Å²) in [7, 11) is 0. The van der Waals surface area contributed by atoms with Gasteiger partial charge in [-0.1, -0.05) is 36.4 Å². The molecule has 2 aromatic carbocycles. The minimum absolute atomic E-state index is 0.191. The van der Waals surface area contributed by atoms with Gasteiger partial charge < -0.3 is 5.32 Å². The molecule has 19 heavy (non-hydrogen) atoms. The highest BCUT2D eigenvalue weighted by Crippen LogP contribution is 2.44. The second-order valence-electron chi connectivity index (χ2n) is 4.51. The lowest BCUT2D eigenvalue weighted by Gasteiger charge is -2.29. The van der Waals surface area contributed by atoms with Crippen molar-refractivity contribution in [2.45, 2.75) is 5.92 Å². The van der Waals surface area contributed by atoms with Crippen molar-refractivity contribution in [3.8, 4) is 12.1 Å². The van der Waals surface area contributed by atoms with Crippen molar-refractivity contribution < 1.29 is 0 Å². The van der Waals surface area contributed by atoms with E-state index in [4.69, 9.17) is 0 Å². The maximum Gasteiger partial charge on any atom is 0.144 e. The molecule has 0 unspecified atom stereocenters. The molecule has 0 saturated carbocycles. The number of nitrogens with zero attached hydrogens (tertiary/aromatic N) is 2. The molecule has 1 aliphatic heterocycles. The zero-order chi connectivity index (χ0) is 13.2. The number of para-hydroxylation sites is 2. The first-order chi connectivity index (χ1) is 9.35. The van der Waals surface area contributed by atoms with Gasteiger partial charge in [0.2, 0.25) is 0 Å². The summed E-state index contributed by atoms with van der Waals surface area (Å²) in [6.07, 6.45) is 0. The van der Waals surface area contributed by atoms with Crippen molar-refractivity contribution in [1.82, 2.24) is 0 Å². The van der Waals surface area contributed by atoms with Gasteiger partial charge in [-0.15, -0.1) is 0 Å². The Morgan fingerprint density at radius 1 is 0.842 bits per heavy atom. The zero-order valence-electron chi connectivity index (χ0n) is 10.2. The van der Waals surface area contributed by atoms with Crippen LogP contribution in [0.2, 0.25) is 0 Å². The number of hydrogen-bond donors (Lipinski definition) is 1. The molecule has 0 aromatic heterocycles. The Hall–Kier alpha value is -2.78. The van der Waals surface area contributed by atoms with Gasteiger partial charge >= 0.3 is 0 Å². The lowest BCUT2D eigenvalue weighted by molar-refractivity contribution is 0.706. The van der Waals surface area contributed by atoms with Gasteiger partial charge in [0, 0.05) is 17.3 Å². The highest BCUT2D eigenvalue weighted by atomic mass is 14.9. The average molecular weight is 245 g/mol. The molecule has 3 rings (SSSR count). The van der Waals surface area contributed by atoms with Gasteiger partial charge in [-0.3, -0.25) is 0 Å². The van der Waals surface area contributed by atoms with Crippen LogP contribution >= 0.6 is 0 Å². The van der Waals surface area contributed by atoms with Gasteiger partial charge in [0.25, 0.3) is 0 Å². The smallest absolute Gasteiger partial charge is 0.144 e. The van der Waals surface area contributed by atoms with Gasteiger partial charge in [0.05, 0.1) is 12.1 Å². The molecule has 0 amide bonds. The molecule has 3 heteroatoms. The molecular formula is C16H11N3. The van der Waals surface area contributed by atoms with E-state index in [2.05, 4.69) is 17.5 Å². The fraction of sp³-hybridized carbons (Fsp3) is 0.125. The molecule has 0 spiro atoms. The summed E-state index contributed by atoms with van der Waals surface area (Å²) in [5, 5.41) is 21.8. The predicted molar refractivity (Wildman–Crippen MR) is 72.7 cm³/mol. The van der Waals surface area contributed by atoms with Crippen LogP contribution in [0.3, 0.4) is 0 Å². The fourth-order valence-electron chi connectivity index (χ4n) is 2.61. The largest absolute Gasteiger partial charge is 0.355 e. The lowest BCUT2D eigenvalue weighted by atomic mass is 9.78. The standard InChI is InChI=1S/C16H11N3/c17-9-11(10-18)16-12-5-1-3-7-14(12)19-15-8-4-2-6-13(15)16/h1-8,11,16,19H. The third kappa shape index (κ3) is 1.73. The van der Waals surface area contributed by atoms with Gasteiger partial charge in [0.1, 0.15) is 5.92 Å². The van der Waals surface area contributed by atoms with Gasteiger partial charge in [-0.25, -0.2) is 0 Å². The summed E-state index contributed by atoms with van der Waals surface area (Å²) in [5.41, 5.74) is 3.96. The Labute approximate surface area is 111 Å². The molecule has 0 radical (unpaired) electrons. The Kier molecular flexibility index (Phi) is 2.67. The second-order valence-corrected chi connectivity index (χ2v) is 4.51. The summed E-state index contributed by atoms with van der Waals surface area (Å²) in [6.45, 7) is 0. The minimum atomic E-state index is -0.676. The van der Waals surface area contributed by atoms with Crippen LogP contribution in [0.25, 0.3) is 0 Å². The molecule has 0 aliphatic carbocycles. The van der Waals surface area contributed by atoms with E-state index in [9.17, 15) is 10.5 Å². The normalized spacial score (nSPS) is 12.8. The number of benzene rings is 2. The SMILES string of the molecule is N#CC(C#N)C1c2ccccc2Nc2ccccc21. The van der Waals surface area contributed by atoms with Crippen LogP contribution in [-0.4, -0.2) is 0 Å². The van der Waals surface area contributed by atoms with E-state index in [1.54, 1.807) is 0 Å². The van der Waals surface area contributed by atoms with Crippen molar-refractivity contribution in [2.75, 3.05) is 5.32 Å². The van der Waals surface area contributed by atoms with E-state index < -0.39 is 5.92 Å². The summed E-state index contributed by atoms with van der Waals surface area (Å²) < 4.78 is 0. The Morgan fingerprint density at radius 2 is 1.32 bits per heavy atom. The van der Waals surface area contributed by atoms with Crippen LogP contribution < -0.4 is 5.32 Å². The lowest BCUT2D eigenvalue weighted by Crippen LogP contribution is -2.18. The monoisotopic (exact) mass is 245 g/mol. The molecule has 1 aliphatic rings. The van der Waals surface area contributed by atoms with Crippen molar-refractivity contribution >= 4 is 11.4 Å². The third-order valence-corrected chi connectivity index (χ3v) is 3.47. The molecule has 1 N–H and O–H groups in total. The average Bonchev–Trinajstić information content (AvgIpc) is 2.47. The topological polar surface area (TPSA) is 59.6 Å². The van der Waals surface area contributed by atoms with Crippen molar-refractivity contribution in [3.63, 3.8) is 0 Å². The molecule has 0 bridgehead atoms. The minimum Gasteiger partial charge on any atom is -0.355 e.